The van der Waals surface area contributed by atoms with Gasteiger partial charge in [0.1, 0.15) is 19.0 Å². The highest BCUT2D eigenvalue weighted by atomic mass is 16.6. The zero-order chi connectivity index (χ0) is 16.4. The predicted molar refractivity (Wildman–Crippen MR) is 68.0 cm³/mol. The molecule has 0 aromatic heterocycles. The second kappa shape index (κ2) is 9.62. The Morgan fingerprint density at radius 3 is 1.86 bits per heavy atom. The third-order valence-corrected chi connectivity index (χ3v) is 2.38. The van der Waals surface area contributed by atoms with Gasteiger partial charge in [-0.25, -0.2) is 0 Å². The molecule has 0 aromatic rings. The standard InChI is InChI=1S/C13H18O8/c1-8(16)19-7-11(5-14)13(21-10(3)18)4-12(6-15)20-9(2)17/h5-6,11-13H,4,7H2,1-3H3/t11-,12+,13+/m1/s1. The van der Waals surface area contributed by atoms with Crippen molar-refractivity contribution in [3.63, 3.8) is 0 Å². The van der Waals surface area contributed by atoms with Gasteiger partial charge in [0.15, 0.2) is 12.4 Å². The van der Waals surface area contributed by atoms with Gasteiger partial charge in [0, 0.05) is 27.2 Å². The zero-order valence-electron chi connectivity index (χ0n) is 12.1. The van der Waals surface area contributed by atoms with Gasteiger partial charge in [-0.05, 0) is 0 Å². The van der Waals surface area contributed by atoms with Crippen LogP contribution in [0.3, 0.4) is 0 Å². The van der Waals surface area contributed by atoms with E-state index in [1.54, 1.807) is 0 Å². The molecule has 0 aromatic carbocycles. The van der Waals surface area contributed by atoms with Crippen LogP contribution in [0.5, 0.6) is 0 Å². The topological polar surface area (TPSA) is 113 Å². The normalized spacial score (nSPS) is 14.2. The number of ether oxygens (including phenoxy) is 3. The van der Waals surface area contributed by atoms with Crippen LogP contribution >= 0.6 is 0 Å². The third-order valence-electron chi connectivity index (χ3n) is 2.38. The average Bonchev–Trinajstić information content (AvgIpc) is 2.36. The predicted octanol–water partition coefficient (Wildman–Crippen LogP) is -0.183. The molecule has 0 heterocycles. The van der Waals surface area contributed by atoms with E-state index in [0.717, 1.165) is 20.8 Å². The van der Waals surface area contributed by atoms with Crippen molar-refractivity contribution in [2.24, 2.45) is 5.92 Å². The maximum Gasteiger partial charge on any atom is 0.303 e. The van der Waals surface area contributed by atoms with E-state index in [-0.39, 0.29) is 13.0 Å². The van der Waals surface area contributed by atoms with Crippen molar-refractivity contribution in [2.45, 2.75) is 39.4 Å². The van der Waals surface area contributed by atoms with Crippen molar-refractivity contribution in [3.05, 3.63) is 0 Å². The lowest BCUT2D eigenvalue weighted by Crippen LogP contribution is -2.36. The molecule has 0 fully saturated rings. The van der Waals surface area contributed by atoms with Crippen LogP contribution < -0.4 is 0 Å². The fraction of sp³-hybridized carbons (Fsp3) is 0.615. The molecule has 8 heteroatoms. The van der Waals surface area contributed by atoms with Gasteiger partial charge in [-0.2, -0.15) is 0 Å². The molecule has 0 N–H and O–H groups in total. The molecular weight excluding hydrogens is 284 g/mol. The minimum absolute atomic E-state index is 0.201. The SMILES string of the molecule is CC(=O)OC[C@@H](C=O)[C@H](C[C@@H](C=O)OC(C)=O)OC(C)=O. The zero-order valence-corrected chi connectivity index (χ0v) is 12.1. The summed E-state index contributed by atoms with van der Waals surface area (Å²) in [5.41, 5.74) is 0. The highest BCUT2D eigenvalue weighted by Crippen LogP contribution is 2.15. The van der Waals surface area contributed by atoms with Crippen LogP contribution in [-0.4, -0.2) is 49.3 Å². The largest absolute Gasteiger partial charge is 0.465 e. The monoisotopic (exact) mass is 302 g/mol. The molecule has 0 unspecified atom stereocenters. The van der Waals surface area contributed by atoms with Gasteiger partial charge in [0.25, 0.3) is 0 Å². The van der Waals surface area contributed by atoms with Crippen molar-refractivity contribution in [3.8, 4) is 0 Å². The summed E-state index contributed by atoms with van der Waals surface area (Å²) < 4.78 is 14.3. The molecule has 3 atom stereocenters. The first kappa shape index (κ1) is 18.8. The summed E-state index contributed by atoms with van der Waals surface area (Å²) in [6.07, 6.45) is -1.59. The molecule has 0 aliphatic rings. The highest BCUT2D eigenvalue weighted by molar-refractivity contribution is 5.70. The fourth-order valence-electron chi connectivity index (χ4n) is 1.54. The smallest absolute Gasteiger partial charge is 0.303 e. The molecule has 0 bridgehead atoms. The van der Waals surface area contributed by atoms with Crippen molar-refractivity contribution >= 4 is 30.5 Å². The van der Waals surface area contributed by atoms with Crippen LogP contribution in [0.4, 0.5) is 0 Å². The molecule has 21 heavy (non-hydrogen) atoms. The van der Waals surface area contributed by atoms with Gasteiger partial charge in [0.2, 0.25) is 0 Å². The molecule has 0 amide bonds. The number of hydrogen-bond donors (Lipinski definition) is 0. The fourth-order valence-corrected chi connectivity index (χ4v) is 1.54. The van der Waals surface area contributed by atoms with E-state index >= 15 is 0 Å². The number of carbonyl (C=O) groups excluding carboxylic acids is 5. The maximum atomic E-state index is 11.1. The first-order chi connectivity index (χ1) is 9.79. The average molecular weight is 302 g/mol. The molecule has 0 rings (SSSR count). The van der Waals surface area contributed by atoms with Gasteiger partial charge in [-0.3, -0.25) is 19.2 Å². The number of rotatable bonds is 9. The van der Waals surface area contributed by atoms with E-state index in [9.17, 15) is 24.0 Å². The number of carbonyl (C=O) groups is 5. The van der Waals surface area contributed by atoms with Crippen molar-refractivity contribution in [1.82, 2.24) is 0 Å². The van der Waals surface area contributed by atoms with Crippen molar-refractivity contribution < 1.29 is 38.2 Å². The molecule has 0 aliphatic carbocycles. The first-order valence-electron chi connectivity index (χ1n) is 6.18. The highest BCUT2D eigenvalue weighted by Gasteiger charge is 2.29. The molecule has 0 aliphatic heterocycles. The van der Waals surface area contributed by atoms with Crippen molar-refractivity contribution in [1.29, 1.82) is 0 Å². The quantitative estimate of drug-likeness (QED) is 0.327. The second-order valence-corrected chi connectivity index (χ2v) is 4.27. The van der Waals surface area contributed by atoms with Crippen LogP contribution in [0.2, 0.25) is 0 Å². The molecule has 0 radical (unpaired) electrons. The Morgan fingerprint density at radius 1 is 0.905 bits per heavy atom. The molecule has 0 saturated carbocycles. The van der Waals surface area contributed by atoms with E-state index in [1.165, 1.54) is 0 Å². The van der Waals surface area contributed by atoms with E-state index in [2.05, 4.69) is 0 Å². The van der Waals surface area contributed by atoms with Crippen LogP contribution in [0.1, 0.15) is 27.2 Å². The van der Waals surface area contributed by atoms with Crippen molar-refractivity contribution in [2.75, 3.05) is 6.61 Å². The van der Waals surface area contributed by atoms with E-state index in [1.807, 2.05) is 0 Å². The van der Waals surface area contributed by atoms with Gasteiger partial charge in [0.05, 0.1) is 5.92 Å². The first-order valence-corrected chi connectivity index (χ1v) is 6.18. The number of hydrogen-bond acceptors (Lipinski definition) is 8. The van der Waals surface area contributed by atoms with E-state index in [0.29, 0.717) is 12.6 Å². The second-order valence-electron chi connectivity index (χ2n) is 4.27. The molecule has 118 valence electrons. The summed E-state index contributed by atoms with van der Waals surface area (Å²) in [7, 11) is 0. The Balaban J connectivity index is 4.91. The summed E-state index contributed by atoms with van der Waals surface area (Å²) in [4.78, 5) is 54.6. The summed E-state index contributed by atoms with van der Waals surface area (Å²) in [5, 5.41) is 0. The minimum atomic E-state index is -1.16. The Bertz CT molecular complexity index is 403. The van der Waals surface area contributed by atoms with Gasteiger partial charge >= 0.3 is 17.9 Å². The molecular formula is C13H18O8. The maximum absolute atomic E-state index is 11.1. The van der Waals surface area contributed by atoms with Gasteiger partial charge < -0.3 is 19.0 Å². The number of aldehydes is 2. The van der Waals surface area contributed by atoms with E-state index < -0.39 is 36.0 Å². The Kier molecular flexibility index (Phi) is 8.59. The van der Waals surface area contributed by atoms with E-state index in [4.69, 9.17) is 14.2 Å². The Morgan fingerprint density at radius 2 is 1.48 bits per heavy atom. The third kappa shape index (κ3) is 8.51. The summed E-state index contributed by atoms with van der Waals surface area (Å²) in [6, 6.07) is 0. The van der Waals surface area contributed by atoms with Gasteiger partial charge in [-0.15, -0.1) is 0 Å². The summed E-state index contributed by atoms with van der Waals surface area (Å²) in [5.74, 6) is -2.93. The lowest BCUT2D eigenvalue weighted by Gasteiger charge is -2.24. The molecule has 0 saturated heterocycles. The molecule has 0 spiro atoms. The lowest BCUT2D eigenvalue weighted by molar-refractivity contribution is -0.159. The summed E-state index contributed by atoms with van der Waals surface area (Å²) in [6.45, 7) is 3.11. The Hall–Kier alpha value is -2.25. The summed E-state index contributed by atoms with van der Waals surface area (Å²) >= 11 is 0. The van der Waals surface area contributed by atoms with Crippen LogP contribution in [0.15, 0.2) is 0 Å². The molecule has 8 nitrogen and oxygen atoms in total. The lowest BCUT2D eigenvalue weighted by atomic mass is 9.99. The van der Waals surface area contributed by atoms with Crippen LogP contribution in [0, 0.1) is 5.92 Å². The minimum Gasteiger partial charge on any atom is -0.465 e. The van der Waals surface area contributed by atoms with Crippen LogP contribution in [-0.2, 0) is 38.2 Å². The van der Waals surface area contributed by atoms with Gasteiger partial charge in [-0.1, -0.05) is 0 Å². The Labute approximate surface area is 121 Å². The van der Waals surface area contributed by atoms with Crippen LogP contribution in [0.25, 0.3) is 0 Å². The number of esters is 3.